The molecule has 19 heavy (non-hydrogen) atoms. The van der Waals surface area contributed by atoms with E-state index < -0.39 is 29.8 Å². The van der Waals surface area contributed by atoms with Crippen molar-refractivity contribution in [2.24, 2.45) is 0 Å². The fourth-order valence-electron chi connectivity index (χ4n) is 1.69. The molecule has 1 rings (SSSR count). The molecule has 2 amide bonds. The van der Waals surface area contributed by atoms with Crippen molar-refractivity contribution in [3.8, 4) is 0 Å². The minimum atomic E-state index is -0.757. The highest BCUT2D eigenvalue weighted by atomic mass is 16.6. The third kappa shape index (κ3) is 5.58. The van der Waals surface area contributed by atoms with Crippen LogP contribution in [-0.4, -0.2) is 42.3 Å². The van der Waals surface area contributed by atoms with E-state index in [2.05, 4.69) is 10.6 Å². The average Bonchev–Trinajstić information content (AvgIpc) is 2.19. The Labute approximate surface area is 112 Å². The van der Waals surface area contributed by atoms with Crippen molar-refractivity contribution in [2.75, 3.05) is 6.54 Å². The summed E-state index contributed by atoms with van der Waals surface area (Å²) in [5.41, 5.74) is -0.634. The Bertz CT molecular complexity index is 375. The van der Waals surface area contributed by atoms with Crippen molar-refractivity contribution < 1.29 is 23.9 Å². The van der Waals surface area contributed by atoms with Crippen molar-refractivity contribution in [3.63, 3.8) is 0 Å². The zero-order valence-electron chi connectivity index (χ0n) is 11.6. The quantitative estimate of drug-likeness (QED) is 0.707. The second-order valence-corrected chi connectivity index (χ2v) is 5.41. The monoisotopic (exact) mass is 272 g/mol. The van der Waals surface area contributed by atoms with Crippen LogP contribution in [0.15, 0.2) is 0 Å². The standard InChI is InChI=1S/C12H20N2O5/c1-7(15)18-8-5-9(10(16)13-6-8)14-11(17)19-12(2,3)4/h8-9H,5-6H2,1-4H3,(H,13,16)(H,14,17). The molecule has 7 heteroatoms. The van der Waals surface area contributed by atoms with Gasteiger partial charge in [0.15, 0.2) is 0 Å². The van der Waals surface area contributed by atoms with Crippen LogP contribution in [-0.2, 0) is 19.1 Å². The first-order valence-electron chi connectivity index (χ1n) is 6.12. The molecule has 0 aliphatic carbocycles. The van der Waals surface area contributed by atoms with E-state index in [1.807, 2.05) is 0 Å². The number of ether oxygens (including phenoxy) is 2. The molecule has 0 aromatic carbocycles. The summed E-state index contributed by atoms with van der Waals surface area (Å²) in [7, 11) is 0. The molecular weight excluding hydrogens is 252 g/mol. The van der Waals surface area contributed by atoms with Gasteiger partial charge in [0.25, 0.3) is 0 Å². The van der Waals surface area contributed by atoms with Crippen LogP contribution >= 0.6 is 0 Å². The summed E-state index contributed by atoms with van der Waals surface area (Å²) in [6.07, 6.45) is -0.865. The first kappa shape index (κ1) is 15.3. The highest BCUT2D eigenvalue weighted by Gasteiger charge is 2.32. The Hall–Kier alpha value is -1.79. The molecule has 7 nitrogen and oxygen atoms in total. The van der Waals surface area contributed by atoms with E-state index >= 15 is 0 Å². The smallest absolute Gasteiger partial charge is 0.408 e. The molecule has 0 bridgehead atoms. The van der Waals surface area contributed by atoms with Gasteiger partial charge in [-0.25, -0.2) is 4.79 Å². The third-order valence-corrected chi connectivity index (χ3v) is 2.34. The summed E-state index contributed by atoms with van der Waals surface area (Å²) < 4.78 is 10.1. The number of carbonyl (C=O) groups is 3. The number of esters is 1. The molecule has 2 atom stereocenters. The Morgan fingerprint density at radius 2 is 2.00 bits per heavy atom. The molecule has 0 spiro atoms. The van der Waals surface area contributed by atoms with E-state index in [1.165, 1.54) is 6.92 Å². The Kier molecular flexibility index (Phi) is 4.74. The van der Waals surface area contributed by atoms with Crippen molar-refractivity contribution in [3.05, 3.63) is 0 Å². The summed E-state index contributed by atoms with van der Waals surface area (Å²) in [6.45, 7) is 6.75. The third-order valence-electron chi connectivity index (χ3n) is 2.34. The molecule has 0 aromatic heterocycles. The summed E-state index contributed by atoms with van der Waals surface area (Å²) in [4.78, 5) is 34.0. The normalized spacial score (nSPS) is 23.3. The Morgan fingerprint density at radius 3 is 2.53 bits per heavy atom. The number of alkyl carbamates (subject to hydrolysis) is 1. The maximum absolute atomic E-state index is 11.6. The van der Waals surface area contributed by atoms with Gasteiger partial charge in [-0.2, -0.15) is 0 Å². The summed E-state index contributed by atoms with van der Waals surface area (Å²) >= 11 is 0. The number of amides is 2. The van der Waals surface area contributed by atoms with Gasteiger partial charge in [-0.3, -0.25) is 9.59 Å². The van der Waals surface area contributed by atoms with Crippen LogP contribution in [0, 0.1) is 0 Å². The largest absolute Gasteiger partial charge is 0.461 e. The van der Waals surface area contributed by atoms with E-state index in [9.17, 15) is 14.4 Å². The fraction of sp³-hybridized carbons (Fsp3) is 0.750. The molecule has 1 aliphatic heterocycles. The van der Waals surface area contributed by atoms with E-state index in [0.29, 0.717) is 0 Å². The topological polar surface area (TPSA) is 93.7 Å². The zero-order valence-corrected chi connectivity index (χ0v) is 11.6. The van der Waals surface area contributed by atoms with Crippen LogP contribution in [0.3, 0.4) is 0 Å². The lowest BCUT2D eigenvalue weighted by Gasteiger charge is -2.29. The Balaban J connectivity index is 2.53. The van der Waals surface area contributed by atoms with Crippen molar-refractivity contribution >= 4 is 18.0 Å². The maximum Gasteiger partial charge on any atom is 0.408 e. The second kappa shape index (κ2) is 5.90. The molecule has 2 N–H and O–H groups in total. The van der Waals surface area contributed by atoms with Gasteiger partial charge in [0.2, 0.25) is 5.91 Å². The number of rotatable bonds is 2. The van der Waals surface area contributed by atoms with E-state index in [4.69, 9.17) is 9.47 Å². The number of hydrogen-bond donors (Lipinski definition) is 2. The summed E-state index contributed by atoms with van der Waals surface area (Å²) in [5.74, 6) is -0.730. The van der Waals surface area contributed by atoms with Crippen LogP contribution in [0.5, 0.6) is 0 Å². The van der Waals surface area contributed by atoms with Gasteiger partial charge in [-0.15, -0.1) is 0 Å². The Morgan fingerprint density at radius 1 is 1.37 bits per heavy atom. The first-order chi connectivity index (χ1) is 8.67. The number of nitrogens with one attached hydrogen (secondary N) is 2. The highest BCUT2D eigenvalue weighted by Crippen LogP contribution is 2.11. The van der Waals surface area contributed by atoms with Crippen LogP contribution in [0.1, 0.15) is 34.1 Å². The maximum atomic E-state index is 11.6. The molecule has 0 aromatic rings. The fourth-order valence-corrected chi connectivity index (χ4v) is 1.69. The molecule has 1 heterocycles. The average molecular weight is 272 g/mol. The van der Waals surface area contributed by atoms with Crippen LogP contribution in [0.25, 0.3) is 0 Å². The zero-order chi connectivity index (χ0) is 14.6. The summed E-state index contributed by atoms with van der Waals surface area (Å²) in [5, 5.41) is 5.03. The minimum absolute atomic E-state index is 0.241. The van der Waals surface area contributed by atoms with Gasteiger partial charge in [-0.1, -0.05) is 0 Å². The molecule has 0 saturated carbocycles. The van der Waals surface area contributed by atoms with Gasteiger partial charge in [-0.05, 0) is 20.8 Å². The van der Waals surface area contributed by atoms with E-state index in [0.717, 1.165) is 0 Å². The van der Waals surface area contributed by atoms with Gasteiger partial charge >= 0.3 is 12.1 Å². The SMILES string of the molecule is CC(=O)OC1CNC(=O)C(NC(=O)OC(C)(C)C)C1. The summed E-state index contributed by atoms with van der Waals surface area (Å²) in [6, 6.07) is -0.757. The second-order valence-electron chi connectivity index (χ2n) is 5.41. The van der Waals surface area contributed by atoms with Crippen molar-refractivity contribution in [1.82, 2.24) is 10.6 Å². The predicted octanol–water partition coefficient (Wildman–Crippen LogP) is 0.331. The first-order valence-corrected chi connectivity index (χ1v) is 6.12. The lowest BCUT2D eigenvalue weighted by molar-refractivity contribution is -0.149. The van der Waals surface area contributed by atoms with Crippen LogP contribution in [0.4, 0.5) is 4.79 Å². The van der Waals surface area contributed by atoms with E-state index in [1.54, 1.807) is 20.8 Å². The van der Waals surface area contributed by atoms with Gasteiger partial charge < -0.3 is 20.1 Å². The number of piperidine rings is 1. The van der Waals surface area contributed by atoms with Crippen LogP contribution in [0.2, 0.25) is 0 Å². The van der Waals surface area contributed by atoms with Gasteiger partial charge in [0, 0.05) is 13.3 Å². The molecule has 108 valence electrons. The molecule has 2 unspecified atom stereocenters. The number of hydrogen-bond acceptors (Lipinski definition) is 5. The van der Waals surface area contributed by atoms with Crippen LogP contribution < -0.4 is 10.6 Å². The van der Waals surface area contributed by atoms with E-state index in [-0.39, 0.29) is 18.9 Å². The predicted molar refractivity (Wildman–Crippen MR) is 66.3 cm³/mol. The van der Waals surface area contributed by atoms with Gasteiger partial charge in [0.05, 0.1) is 6.54 Å². The molecule has 1 fully saturated rings. The van der Waals surface area contributed by atoms with Crippen molar-refractivity contribution in [1.29, 1.82) is 0 Å². The molecular formula is C12H20N2O5. The minimum Gasteiger partial charge on any atom is -0.461 e. The number of carbonyl (C=O) groups excluding carboxylic acids is 3. The molecule has 0 radical (unpaired) electrons. The van der Waals surface area contributed by atoms with Gasteiger partial charge in [0.1, 0.15) is 17.7 Å². The lowest BCUT2D eigenvalue weighted by atomic mass is 10.0. The lowest BCUT2D eigenvalue weighted by Crippen LogP contribution is -2.56. The highest BCUT2D eigenvalue weighted by molar-refractivity contribution is 5.86. The van der Waals surface area contributed by atoms with Crippen molar-refractivity contribution in [2.45, 2.75) is 51.9 Å². The molecule has 1 aliphatic rings. The molecule has 1 saturated heterocycles.